The number of hydrogen-bond acceptors (Lipinski definition) is 4. The molecule has 1 aromatic heterocycles. The van der Waals surface area contributed by atoms with Crippen molar-refractivity contribution in [3.63, 3.8) is 0 Å². The molecular weight excluding hydrogens is 308 g/mol. The molecule has 0 fully saturated rings. The van der Waals surface area contributed by atoms with E-state index in [9.17, 15) is 8.42 Å². The lowest BCUT2D eigenvalue weighted by molar-refractivity contribution is 0.597. The fourth-order valence-corrected chi connectivity index (χ4v) is 2.74. The number of H-pyrrole nitrogens is 1. The Hall–Kier alpha value is -1.64. The van der Waals surface area contributed by atoms with Crippen LogP contribution in [0.15, 0.2) is 35.5 Å². The molecule has 6 nitrogen and oxygen atoms in total. The van der Waals surface area contributed by atoms with Crippen molar-refractivity contribution in [3.05, 3.63) is 41.0 Å². The summed E-state index contributed by atoms with van der Waals surface area (Å²) in [5, 5.41) is 6.09. The first-order valence-corrected chi connectivity index (χ1v) is 7.28. The minimum atomic E-state index is -3.74. The van der Waals surface area contributed by atoms with Crippen molar-refractivity contribution in [1.82, 2.24) is 10.2 Å². The summed E-state index contributed by atoms with van der Waals surface area (Å²) in [5.41, 5.74) is 6.25. The van der Waals surface area contributed by atoms with Crippen LogP contribution in [0.25, 0.3) is 0 Å². The number of thiocarbonyl (C=S) groups is 1. The van der Waals surface area contributed by atoms with Crippen LogP contribution in [0.2, 0.25) is 5.02 Å². The number of nitrogens with two attached hydrogens (primary N) is 1. The molecule has 0 unspecified atom stereocenters. The summed E-state index contributed by atoms with van der Waals surface area (Å²) in [4.78, 5) is 0.185. The van der Waals surface area contributed by atoms with Gasteiger partial charge in [-0.05, 0) is 24.3 Å². The summed E-state index contributed by atoms with van der Waals surface area (Å²) in [7, 11) is -3.74. The van der Waals surface area contributed by atoms with E-state index in [0.717, 1.165) is 0 Å². The Kier molecular flexibility index (Phi) is 3.74. The van der Waals surface area contributed by atoms with Gasteiger partial charge in [-0.1, -0.05) is 23.8 Å². The predicted molar refractivity (Wildman–Crippen MR) is 76.7 cm³/mol. The zero-order valence-electron chi connectivity index (χ0n) is 9.42. The lowest BCUT2D eigenvalue weighted by atomic mass is 10.2. The lowest BCUT2D eigenvalue weighted by Crippen LogP contribution is -2.14. The number of rotatable bonds is 4. The van der Waals surface area contributed by atoms with Crippen molar-refractivity contribution >= 4 is 44.5 Å². The van der Waals surface area contributed by atoms with Gasteiger partial charge in [-0.15, -0.1) is 0 Å². The van der Waals surface area contributed by atoms with Gasteiger partial charge in [0.05, 0.1) is 16.9 Å². The number of nitrogens with one attached hydrogen (secondary N) is 2. The highest BCUT2D eigenvalue weighted by molar-refractivity contribution is 7.92. The molecule has 0 spiro atoms. The molecule has 0 amide bonds. The van der Waals surface area contributed by atoms with E-state index in [1.54, 1.807) is 6.07 Å². The van der Waals surface area contributed by atoms with Crippen LogP contribution in [0.1, 0.15) is 5.56 Å². The molecular formula is C10H9ClN4O2S2. The van der Waals surface area contributed by atoms with Gasteiger partial charge in [-0.3, -0.25) is 9.82 Å². The van der Waals surface area contributed by atoms with Crippen LogP contribution in [0.4, 0.5) is 5.69 Å². The van der Waals surface area contributed by atoms with Gasteiger partial charge >= 0.3 is 0 Å². The van der Waals surface area contributed by atoms with Crippen LogP contribution in [-0.4, -0.2) is 23.6 Å². The molecule has 0 saturated heterocycles. The Morgan fingerprint density at radius 1 is 1.42 bits per heavy atom. The van der Waals surface area contributed by atoms with Crippen LogP contribution in [-0.2, 0) is 10.0 Å². The third-order valence-electron chi connectivity index (χ3n) is 2.26. The topological polar surface area (TPSA) is 101 Å². The molecule has 1 heterocycles. The molecule has 19 heavy (non-hydrogen) atoms. The minimum Gasteiger partial charge on any atom is -0.389 e. The Bertz CT molecular complexity index is 713. The minimum absolute atomic E-state index is 0.0537. The second kappa shape index (κ2) is 5.16. The van der Waals surface area contributed by atoms with Crippen LogP contribution >= 0.6 is 23.8 Å². The standard InChI is InChI=1S/C10H9ClN4O2S2/c11-7-5-6(10(12)18)1-2-8(7)15-19(16,17)9-3-4-13-14-9/h1-5,15H,(H2,12,18)(H,13,14). The first kappa shape index (κ1) is 13.8. The third-order valence-corrected chi connectivity index (χ3v) is 4.11. The van der Waals surface area contributed by atoms with Crippen molar-refractivity contribution in [3.8, 4) is 0 Å². The van der Waals surface area contributed by atoms with Crippen LogP contribution in [0.3, 0.4) is 0 Å². The molecule has 1 aromatic carbocycles. The number of hydrogen-bond donors (Lipinski definition) is 3. The molecule has 0 saturated carbocycles. The summed E-state index contributed by atoms with van der Waals surface area (Å²) in [5.74, 6) is 0. The molecule has 2 rings (SSSR count). The van der Waals surface area contributed by atoms with E-state index < -0.39 is 10.0 Å². The number of anilines is 1. The second-order valence-corrected chi connectivity index (χ2v) is 6.08. The van der Waals surface area contributed by atoms with E-state index in [1.807, 2.05) is 0 Å². The van der Waals surface area contributed by atoms with E-state index in [2.05, 4.69) is 14.9 Å². The highest BCUT2D eigenvalue weighted by Crippen LogP contribution is 2.25. The Balaban J connectivity index is 2.32. The van der Waals surface area contributed by atoms with E-state index in [1.165, 1.54) is 24.4 Å². The molecule has 0 aliphatic rings. The Morgan fingerprint density at radius 3 is 2.68 bits per heavy atom. The quantitative estimate of drug-likeness (QED) is 0.742. The summed E-state index contributed by atoms with van der Waals surface area (Å²) in [6.45, 7) is 0. The van der Waals surface area contributed by atoms with Gasteiger partial charge in [0, 0.05) is 5.56 Å². The normalized spacial score (nSPS) is 11.2. The van der Waals surface area contributed by atoms with Gasteiger partial charge in [0.15, 0.2) is 5.03 Å². The van der Waals surface area contributed by atoms with Crippen molar-refractivity contribution in [2.45, 2.75) is 5.03 Å². The Morgan fingerprint density at radius 2 is 2.16 bits per heavy atom. The number of aromatic nitrogens is 2. The van der Waals surface area contributed by atoms with Gasteiger partial charge in [-0.25, -0.2) is 0 Å². The average Bonchev–Trinajstić information content (AvgIpc) is 2.85. The smallest absolute Gasteiger partial charge is 0.278 e. The number of aromatic amines is 1. The highest BCUT2D eigenvalue weighted by Gasteiger charge is 2.17. The first-order valence-electron chi connectivity index (χ1n) is 5.02. The van der Waals surface area contributed by atoms with Crippen molar-refractivity contribution in [1.29, 1.82) is 0 Å². The van der Waals surface area contributed by atoms with Crippen molar-refractivity contribution in [2.24, 2.45) is 5.73 Å². The predicted octanol–water partition coefficient (Wildman–Crippen LogP) is 1.50. The number of sulfonamides is 1. The third kappa shape index (κ3) is 3.03. The van der Waals surface area contributed by atoms with Gasteiger partial charge < -0.3 is 5.73 Å². The maximum Gasteiger partial charge on any atom is 0.278 e. The fourth-order valence-electron chi connectivity index (χ4n) is 1.34. The van der Waals surface area contributed by atoms with Crippen molar-refractivity contribution in [2.75, 3.05) is 4.72 Å². The van der Waals surface area contributed by atoms with Crippen LogP contribution in [0.5, 0.6) is 0 Å². The zero-order chi connectivity index (χ0) is 14.0. The molecule has 0 aliphatic heterocycles. The summed E-state index contributed by atoms with van der Waals surface area (Å²) in [6, 6.07) is 5.90. The summed E-state index contributed by atoms with van der Waals surface area (Å²) < 4.78 is 26.2. The molecule has 0 radical (unpaired) electrons. The monoisotopic (exact) mass is 316 g/mol. The van der Waals surface area contributed by atoms with E-state index in [4.69, 9.17) is 29.6 Å². The van der Waals surface area contributed by atoms with E-state index in [0.29, 0.717) is 5.56 Å². The summed E-state index contributed by atoms with van der Waals surface area (Å²) in [6.07, 6.45) is 1.34. The van der Waals surface area contributed by atoms with E-state index in [-0.39, 0.29) is 20.7 Å². The van der Waals surface area contributed by atoms with Gasteiger partial charge in [-0.2, -0.15) is 13.5 Å². The molecule has 100 valence electrons. The molecule has 4 N–H and O–H groups in total. The number of benzene rings is 1. The molecule has 2 aromatic rings. The van der Waals surface area contributed by atoms with E-state index >= 15 is 0 Å². The van der Waals surface area contributed by atoms with Gasteiger partial charge in [0.1, 0.15) is 4.99 Å². The number of nitrogens with zero attached hydrogens (tertiary/aromatic N) is 1. The Labute approximate surface area is 120 Å². The van der Waals surface area contributed by atoms with Crippen molar-refractivity contribution < 1.29 is 8.42 Å². The van der Waals surface area contributed by atoms with Gasteiger partial charge in [0.25, 0.3) is 10.0 Å². The highest BCUT2D eigenvalue weighted by atomic mass is 35.5. The largest absolute Gasteiger partial charge is 0.389 e. The first-order chi connectivity index (χ1) is 8.90. The molecule has 9 heteroatoms. The SMILES string of the molecule is NC(=S)c1ccc(NS(=O)(=O)c2ccn[nH]2)c(Cl)c1. The maximum atomic E-state index is 11.9. The fraction of sp³-hybridized carbons (Fsp3) is 0. The summed E-state index contributed by atoms with van der Waals surface area (Å²) >= 11 is 10.8. The second-order valence-electron chi connectivity index (χ2n) is 3.59. The van der Waals surface area contributed by atoms with Crippen LogP contribution < -0.4 is 10.5 Å². The maximum absolute atomic E-state index is 11.9. The molecule has 0 atom stereocenters. The molecule has 0 aliphatic carbocycles. The zero-order valence-corrected chi connectivity index (χ0v) is 11.8. The average molecular weight is 317 g/mol. The number of halogens is 1. The van der Waals surface area contributed by atoms with Gasteiger partial charge in [0.2, 0.25) is 0 Å². The van der Waals surface area contributed by atoms with Crippen LogP contribution in [0, 0.1) is 0 Å². The molecule has 0 bridgehead atoms. The lowest BCUT2D eigenvalue weighted by Gasteiger charge is -2.09.